The van der Waals surface area contributed by atoms with Gasteiger partial charge in [-0.2, -0.15) is 0 Å². The van der Waals surface area contributed by atoms with Crippen LogP contribution in [-0.4, -0.2) is 51.9 Å². The van der Waals surface area contributed by atoms with Crippen LogP contribution in [0, 0.1) is 11.7 Å². The molecule has 1 aromatic rings. The molecule has 3 fully saturated rings. The van der Waals surface area contributed by atoms with Crippen molar-refractivity contribution in [1.29, 1.82) is 0 Å². The summed E-state index contributed by atoms with van der Waals surface area (Å²) in [6, 6.07) is 4.50. The number of phenols is 1. The Bertz CT molecular complexity index is 669. The number of hydrogen-bond acceptors (Lipinski definition) is 3. The molecule has 1 aliphatic carbocycles. The van der Waals surface area contributed by atoms with Gasteiger partial charge in [0.05, 0.1) is 0 Å². The summed E-state index contributed by atoms with van der Waals surface area (Å²) in [7, 11) is 0. The maximum Gasteiger partial charge on any atom is 0.260 e. The number of likely N-dealkylation sites (tertiary alicyclic amines) is 2. The monoisotopic (exact) mass is 332 g/mol. The van der Waals surface area contributed by atoms with E-state index in [-0.39, 0.29) is 29.2 Å². The first kappa shape index (κ1) is 15.4. The van der Waals surface area contributed by atoms with Gasteiger partial charge in [-0.1, -0.05) is 6.07 Å². The number of halogens is 1. The number of phenolic OH excluding ortho intramolecular Hbond substituents is 1. The highest BCUT2D eigenvalue weighted by Crippen LogP contribution is 2.39. The summed E-state index contributed by atoms with van der Waals surface area (Å²) in [4.78, 5) is 28.6. The first-order valence-electron chi connectivity index (χ1n) is 8.64. The van der Waals surface area contributed by atoms with Crippen LogP contribution in [0.15, 0.2) is 18.2 Å². The van der Waals surface area contributed by atoms with Crippen molar-refractivity contribution >= 4 is 11.8 Å². The summed E-state index contributed by atoms with van der Waals surface area (Å²) < 4.78 is 14.0. The molecular formula is C18H21FN2O3. The number of hydrogen-bond donors (Lipinski definition) is 1. The molecule has 1 N–H and O–H groups in total. The molecule has 0 spiro atoms. The van der Waals surface area contributed by atoms with E-state index in [2.05, 4.69) is 4.90 Å². The fourth-order valence-corrected chi connectivity index (χ4v) is 4.19. The Balaban J connectivity index is 1.52. The van der Waals surface area contributed by atoms with E-state index in [4.69, 9.17) is 0 Å². The predicted octanol–water partition coefficient (Wildman–Crippen LogP) is 2.15. The quantitative estimate of drug-likeness (QED) is 0.903. The van der Waals surface area contributed by atoms with Crippen molar-refractivity contribution in [3.8, 4) is 5.75 Å². The number of carbonyl (C=O) groups excluding carboxylic acids is 2. The summed E-state index contributed by atoms with van der Waals surface area (Å²) in [6.07, 6.45) is 4.21. The molecule has 6 heteroatoms. The average molecular weight is 332 g/mol. The molecule has 0 bridgehead atoms. The van der Waals surface area contributed by atoms with Gasteiger partial charge in [-0.05, 0) is 43.7 Å². The molecule has 2 aliphatic heterocycles. The lowest BCUT2D eigenvalue weighted by Crippen LogP contribution is -2.57. The van der Waals surface area contributed by atoms with Crippen LogP contribution in [0.5, 0.6) is 5.75 Å². The minimum Gasteiger partial charge on any atom is -0.507 e. The fourth-order valence-electron chi connectivity index (χ4n) is 4.19. The molecule has 1 saturated carbocycles. The minimum absolute atomic E-state index is 0.206. The number of rotatable bonds is 2. The molecule has 0 aromatic heterocycles. The van der Waals surface area contributed by atoms with E-state index in [1.54, 1.807) is 4.90 Å². The molecule has 2 heterocycles. The van der Waals surface area contributed by atoms with Crippen LogP contribution in [-0.2, 0) is 4.79 Å². The second kappa shape index (κ2) is 5.76. The van der Waals surface area contributed by atoms with Gasteiger partial charge < -0.3 is 14.9 Å². The number of aromatic hydroxyl groups is 1. The lowest BCUT2D eigenvalue weighted by Gasteiger charge is -2.47. The normalized spacial score (nSPS) is 27.1. The topological polar surface area (TPSA) is 60.9 Å². The number of nitrogens with zero attached hydrogens (tertiary/aromatic N) is 2. The zero-order valence-electron chi connectivity index (χ0n) is 13.4. The third-order valence-electron chi connectivity index (χ3n) is 5.50. The molecule has 1 aromatic carbocycles. The summed E-state index contributed by atoms with van der Waals surface area (Å²) in [5.74, 6) is -0.986. The van der Waals surface area contributed by atoms with Crippen LogP contribution in [0.4, 0.5) is 4.39 Å². The Morgan fingerprint density at radius 1 is 1.21 bits per heavy atom. The van der Waals surface area contributed by atoms with Gasteiger partial charge >= 0.3 is 0 Å². The van der Waals surface area contributed by atoms with Crippen molar-refractivity contribution in [2.75, 3.05) is 13.1 Å². The molecule has 3 aliphatic rings. The fraction of sp³-hybridized carbons (Fsp3) is 0.556. The van der Waals surface area contributed by atoms with Gasteiger partial charge in [-0.25, -0.2) is 4.39 Å². The maximum atomic E-state index is 14.0. The van der Waals surface area contributed by atoms with Gasteiger partial charge in [0.1, 0.15) is 17.1 Å². The SMILES string of the molecule is O=C(c1c(O)cccc1F)N1CCC2C(CCC(=O)N2C2CC2)C1. The molecule has 2 saturated heterocycles. The van der Waals surface area contributed by atoms with Gasteiger partial charge in [0.2, 0.25) is 5.91 Å². The standard InChI is InChI=1S/C18H21FN2O3/c19-13-2-1-3-15(22)17(13)18(24)20-9-8-14-11(10-20)4-7-16(23)21(14)12-5-6-12/h1-3,11-12,14,22H,4-10H2. The van der Waals surface area contributed by atoms with Gasteiger partial charge in [-0.3, -0.25) is 9.59 Å². The summed E-state index contributed by atoms with van der Waals surface area (Å²) >= 11 is 0. The second-order valence-corrected chi connectivity index (χ2v) is 7.07. The number of piperidine rings is 2. The smallest absolute Gasteiger partial charge is 0.260 e. The van der Waals surface area contributed by atoms with Gasteiger partial charge in [0.25, 0.3) is 5.91 Å². The predicted molar refractivity (Wildman–Crippen MR) is 85.0 cm³/mol. The molecule has 24 heavy (non-hydrogen) atoms. The largest absolute Gasteiger partial charge is 0.507 e. The Hall–Kier alpha value is -2.11. The van der Waals surface area contributed by atoms with Crippen LogP contribution >= 0.6 is 0 Å². The Morgan fingerprint density at radius 3 is 2.71 bits per heavy atom. The van der Waals surface area contributed by atoms with Gasteiger partial charge in [0.15, 0.2) is 0 Å². The van der Waals surface area contributed by atoms with Crippen molar-refractivity contribution in [3.05, 3.63) is 29.6 Å². The maximum absolute atomic E-state index is 14.0. The van der Waals surface area contributed by atoms with Crippen molar-refractivity contribution < 1.29 is 19.1 Å². The van der Waals surface area contributed by atoms with E-state index < -0.39 is 11.7 Å². The molecule has 0 radical (unpaired) electrons. The van der Waals surface area contributed by atoms with Gasteiger partial charge in [-0.15, -0.1) is 0 Å². The number of fused-ring (bicyclic) bond motifs is 1. The zero-order chi connectivity index (χ0) is 16.8. The first-order chi connectivity index (χ1) is 11.6. The van der Waals surface area contributed by atoms with Crippen molar-refractivity contribution in [2.24, 2.45) is 5.92 Å². The molecule has 128 valence electrons. The Morgan fingerprint density at radius 2 is 2.00 bits per heavy atom. The van der Waals surface area contributed by atoms with Crippen molar-refractivity contribution in [3.63, 3.8) is 0 Å². The summed E-state index contributed by atoms with van der Waals surface area (Å²) in [6.45, 7) is 1.01. The van der Waals surface area contributed by atoms with E-state index in [0.717, 1.165) is 25.7 Å². The molecule has 2 unspecified atom stereocenters. The van der Waals surface area contributed by atoms with Gasteiger partial charge in [0, 0.05) is 31.6 Å². The highest BCUT2D eigenvalue weighted by molar-refractivity contribution is 5.97. The Kier molecular flexibility index (Phi) is 3.70. The van der Waals surface area contributed by atoms with Crippen LogP contribution in [0.25, 0.3) is 0 Å². The van der Waals surface area contributed by atoms with Crippen LogP contribution < -0.4 is 0 Å². The molecule has 2 amide bonds. The number of benzene rings is 1. The lowest BCUT2D eigenvalue weighted by molar-refractivity contribution is -0.141. The van der Waals surface area contributed by atoms with E-state index in [1.165, 1.54) is 18.2 Å². The molecule has 4 rings (SSSR count). The van der Waals surface area contributed by atoms with E-state index in [9.17, 15) is 19.1 Å². The van der Waals surface area contributed by atoms with Crippen LogP contribution in [0.1, 0.15) is 42.5 Å². The summed E-state index contributed by atoms with van der Waals surface area (Å²) in [5, 5.41) is 9.84. The molecule has 2 atom stereocenters. The van der Waals surface area contributed by atoms with Crippen LogP contribution in [0.2, 0.25) is 0 Å². The Labute approximate surface area is 140 Å². The molecular weight excluding hydrogens is 311 g/mol. The first-order valence-corrected chi connectivity index (χ1v) is 8.64. The average Bonchev–Trinajstić information content (AvgIpc) is 3.38. The highest BCUT2D eigenvalue weighted by atomic mass is 19.1. The van der Waals surface area contributed by atoms with E-state index in [0.29, 0.717) is 25.6 Å². The van der Waals surface area contributed by atoms with Crippen LogP contribution in [0.3, 0.4) is 0 Å². The third kappa shape index (κ3) is 2.54. The lowest BCUT2D eigenvalue weighted by atomic mass is 9.83. The summed E-state index contributed by atoms with van der Waals surface area (Å²) in [5.41, 5.74) is -0.248. The number of carbonyl (C=O) groups is 2. The minimum atomic E-state index is -0.694. The molecule has 5 nitrogen and oxygen atoms in total. The number of amides is 2. The highest BCUT2D eigenvalue weighted by Gasteiger charge is 2.46. The van der Waals surface area contributed by atoms with E-state index in [1.807, 2.05) is 0 Å². The van der Waals surface area contributed by atoms with Crippen molar-refractivity contribution in [2.45, 2.75) is 44.2 Å². The second-order valence-electron chi connectivity index (χ2n) is 7.07. The van der Waals surface area contributed by atoms with Crippen molar-refractivity contribution in [1.82, 2.24) is 9.80 Å². The zero-order valence-corrected chi connectivity index (χ0v) is 13.4. The third-order valence-corrected chi connectivity index (χ3v) is 5.50. The van der Waals surface area contributed by atoms with E-state index >= 15 is 0 Å².